The molecule has 6 aromatic carbocycles. The molecule has 0 nitrogen and oxygen atoms in total. The Morgan fingerprint density at radius 3 is 1.72 bits per heavy atom. The predicted octanol–water partition coefficient (Wildman–Crippen LogP) is 10.0. The molecule has 0 heterocycles. The smallest absolute Gasteiger partial charge is 0.0105 e. The average Bonchev–Trinajstić information content (AvgIpc) is 2.97. The topological polar surface area (TPSA) is 0 Å². The molecule has 0 aromatic heterocycles. The fourth-order valence-electron chi connectivity index (χ4n) is 4.82. The second-order valence-corrected chi connectivity index (χ2v) is 9.01. The van der Waals surface area contributed by atoms with Crippen LogP contribution in [-0.4, -0.2) is 0 Å². The molecule has 0 aliphatic carbocycles. The van der Waals surface area contributed by atoms with Gasteiger partial charge < -0.3 is 0 Å². The SMILES string of the molecule is C(=Cc1ccccc1-c1ccc(-c2ccccc2)cc1)c1ccc(-c2cccc3ccccc23)cc1. The van der Waals surface area contributed by atoms with E-state index < -0.39 is 0 Å². The first-order chi connectivity index (χ1) is 17.8. The van der Waals surface area contributed by atoms with Crippen LogP contribution in [0.15, 0.2) is 146 Å². The molecule has 0 saturated carbocycles. The van der Waals surface area contributed by atoms with Crippen LogP contribution in [0.25, 0.3) is 56.3 Å². The Bertz CT molecular complexity index is 1630. The maximum Gasteiger partial charge on any atom is -0.0105 e. The normalized spacial score (nSPS) is 11.2. The van der Waals surface area contributed by atoms with Gasteiger partial charge in [-0.15, -0.1) is 0 Å². The molecular weight excluding hydrogens is 432 g/mol. The fourth-order valence-corrected chi connectivity index (χ4v) is 4.82. The van der Waals surface area contributed by atoms with E-state index in [2.05, 4.69) is 158 Å². The zero-order valence-electron chi connectivity index (χ0n) is 20.0. The van der Waals surface area contributed by atoms with Crippen molar-refractivity contribution in [2.45, 2.75) is 0 Å². The molecule has 0 unspecified atom stereocenters. The van der Waals surface area contributed by atoms with E-state index in [-0.39, 0.29) is 0 Å². The van der Waals surface area contributed by atoms with Gasteiger partial charge in [0.1, 0.15) is 0 Å². The Balaban J connectivity index is 1.26. The molecule has 36 heavy (non-hydrogen) atoms. The summed E-state index contributed by atoms with van der Waals surface area (Å²) in [4.78, 5) is 0. The van der Waals surface area contributed by atoms with Crippen molar-refractivity contribution in [2.75, 3.05) is 0 Å². The van der Waals surface area contributed by atoms with Crippen LogP contribution in [0.4, 0.5) is 0 Å². The lowest BCUT2D eigenvalue weighted by Gasteiger charge is -2.09. The lowest BCUT2D eigenvalue weighted by Crippen LogP contribution is -1.84. The van der Waals surface area contributed by atoms with Crippen molar-refractivity contribution in [1.29, 1.82) is 0 Å². The third-order valence-electron chi connectivity index (χ3n) is 6.73. The molecule has 0 aliphatic heterocycles. The highest BCUT2D eigenvalue weighted by Gasteiger charge is 2.05. The maximum absolute atomic E-state index is 2.22. The molecule has 0 heteroatoms. The van der Waals surface area contributed by atoms with Crippen molar-refractivity contribution in [1.82, 2.24) is 0 Å². The minimum Gasteiger partial charge on any atom is -0.0622 e. The number of hydrogen-bond acceptors (Lipinski definition) is 0. The first kappa shape index (κ1) is 21.8. The highest BCUT2D eigenvalue weighted by molar-refractivity contribution is 5.96. The van der Waals surface area contributed by atoms with Crippen molar-refractivity contribution in [3.8, 4) is 33.4 Å². The largest absolute Gasteiger partial charge is 0.0622 e. The monoisotopic (exact) mass is 458 g/mol. The molecule has 0 N–H and O–H groups in total. The summed E-state index contributed by atoms with van der Waals surface area (Å²) in [5.41, 5.74) is 9.84. The summed E-state index contributed by atoms with van der Waals surface area (Å²) in [7, 11) is 0. The molecule has 170 valence electrons. The second-order valence-electron chi connectivity index (χ2n) is 9.01. The Kier molecular flexibility index (Phi) is 6.00. The van der Waals surface area contributed by atoms with Gasteiger partial charge in [0, 0.05) is 0 Å². The summed E-state index contributed by atoms with van der Waals surface area (Å²) in [6.07, 6.45) is 4.41. The minimum absolute atomic E-state index is 1.19. The number of benzene rings is 6. The standard InChI is InChI=1S/C36H26/c1-2-9-28(10-3-1)29-23-25-32(26-24-29)34-14-6-4-12-31(34)20-17-27-18-21-33(22-19-27)36-16-8-13-30-11-5-7-15-35(30)36/h1-26H. The first-order valence-corrected chi connectivity index (χ1v) is 12.4. The van der Waals surface area contributed by atoms with Gasteiger partial charge in [0.05, 0.1) is 0 Å². The second kappa shape index (κ2) is 9.90. The van der Waals surface area contributed by atoms with Gasteiger partial charge in [0.2, 0.25) is 0 Å². The summed E-state index contributed by atoms with van der Waals surface area (Å²) < 4.78 is 0. The van der Waals surface area contributed by atoms with Gasteiger partial charge >= 0.3 is 0 Å². The Hall–Kier alpha value is -4.68. The van der Waals surface area contributed by atoms with E-state index in [0.717, 1.165) is 0 Å². The molecule has 0 fully saturated rings. The highest BCUT2D eigenvalue weighted by Crippen LogP contribution is 2.30. The summed E-state index contributed by atoms with van der Waals surface area (Å²) >= 11 is 0. The van der Waals surface area contributed by atoms with Crippen LogP contribution in [0.5, 0.6) is 0 Å². The molecule has 0 spiro atoms. The van der Waals surface area contributed by atoms with Crippen molar-refractivity contribution in [3.63, 3.8) is 0 Å². The van der Waals surface area contributed by atoms with E-state index >= 15 is 0 Å². The van der Waals surface area contributed by atoms with E-state index in [9.17, 15) is 0 Å². The van der Waals surface area contributed by atoms with Gasteiger partial charge in [0.15, 0.2) is 0 Å². The lowest BCUT2D eigenvalue weighted by molar-refractivity contribution is 1.57. The molecule has 6 rings (SSSR count). The zero-order valence-corrected chi connectivity index (χ0v) is 20.0. The van der Waals surface area contributed by atoms with Crippen LogP contribution in [0.3, 0.4) is 0 Å². The summed E-state index contributed by atoms with van der Waals surface area (Å²) in [6, 6.07) is 51.8. The van der Waals surface area contributed by atoms with Crippen LogP contribution < -0.4 is 0 Å². The molecule has 0 atom stereocenters. The van der Waals surface area contributed by atoms with Gasteiger partial charge in [-0.3, -0.25) is 0 Å². The van der Waals surface area contributed by atoms with Crippen molar-refractivity contribution in [3.05, 3.63) is 157 Å². The minimum atomic E-state index is 1.19. The van der Waals surface area contributed by atoms with E-state index in [1.54, 1.807) is 0 Å². The molecule has 6 aromatic rings. The predicted molar refractivity (Wildman–Crippen MR) is 156 cm³/mol. The van der Waals surface area contributed by atoms with E-state index in [1.807, 2.05) is 0 Å². The van der Waals surface area contributed by atoms with Crippen molar-refractivity contribution >= 4 is 22.9 Å². The Labute approximate surface area is 212 Å². The molecule has 0 bridgehead atoms. The average molecular weight is 459 g/mol. The van der Waals surface area contributed by atoms with Gasteiger partial charge in [-0.05, 0) is 55.3 Å². The summed E-state index contributed by atoms with van der Waals surface area (Å²) in [5.74, 6) is 0. The third kappa shape index (κ3) is 4.50. The van der Waals surface area contributed by atoms with Crippen LogP contribution in [0.2, 0.25) is 0 Å². The number of rotatable bonds is 5. The van der Waals surface area contributed by atoms with Crippen LogP contribution >= 0.6 is 0 Å². The summed E-state index contributed by atoms with van der Waals surface area (Å²) in [5, 5.41) is 2.56. The number of hydrogen-bond donors (Lipinski definition) is 0. The van der Waals surface area contributed by atoms with Crippen LogP contribution in [0.1, 0.15) is 11.1 Å². The van der Waals surface area contributed by atoms with E-state index in [0.29, 0.717) is 0 Å². The zero-order chi connectivity index (χ0) is 24.2. The first-order valence-electron chi connectivity index (χ1n) is 12.4. The van der Waals surface area contributed by atoms with Gasteiger partial charge in [0.25, 0.3) is 0 Å². The van der Waals surface area contributed by atoms with Gasteiger partial charge in [-0.1, -0.05) is 158 Å². The Morgan fingerprint density at radius 2 is 0.889 bits per heavy atom. The van der Waals surface area contributed by atoms with Crippen molar-refractivity contribution < 1.29 is 0 Å². The van der Waals surface area contributed by atoms with E-state index in [1.165, 1.54) is 55.3 Å². The third-order valence-corrected chi connectivity index (χ3v) is 6.73. The maximum atomic E-state index is 2.22. The van der Waals surface area contributed by atoms with E-state index in [4.69, 9.17) is 0 Å². The quantitative estimate of drug-likeness (QED) is 0.225. The molecule has 0 amide bonds. The van der Waals surface area contributed by atoms with Crippen LogP contribution in [0, 0.1) is 0 Å². The van der Waals surface area contributed by atoms with Crippen LogP contribution in [-0.2, 0) is 0 Å². The Morgan fingerprint density at radius 1 is 0.333 bits per heavy atom. The fraction of sp³-hybridized carbons (Fsp3) is 0. The molecule has 0 saturated heterocycles. The number of fused-ring (bicyclic) bond motifs is 1. The van der Waals surface area contributed by atoms with Gasteiger partial charge in [-0.2, -0.15) is 0 Å². The molecular formula is C36H26. The van der Waals surface area contributed by atoms with Crippen molar-refractivity contribution in [2.24, 2.45) is 0 Å². The highest BCUT2D eigenvalue weighted by atomic mass is 14.1. The molecule has 0 radical (unpaired) electrons. The van der Waals surface area contributed by atoms with Gasteiger partial charge in [-0.25, -0.2) is 0 Å². The lowest BCUT2D eigenvalue weighted by atomic mass is 9.96. The molecule has 0 aliphatic rings. The summed E-state index contributed by atoms with van der Waals surface area (Å²) in [6.45, 7) is 0.